The summed E-state index contributed by atoms with van der Waals surface area (Å²) in [5.74, 6) is -0.295. The lowest BCUT2D eigenvalue weighted by molar-refractivity contribution is -0.129. The van der Waals surface area contributed by atoms with Crippen molar-refractivity contribution in [2.45, 2.75) is 82.3 Å². The zero-order valence-electron chi connectivity index (χ0n) is 17.6. The van der Waals surface area contributed by atoms with Crippen LogP contribution in [-0.4, -0.2) is 42.5 Å². The van der Waals surface area contributed by atoms with E-state index in [-0.39, 0.29) is 36.3 Å². The molecule has 7 nitrogen and oxygen atoms in total. The lowest BCUT2D eigenvalue weighted by Gasteiger charge is -2.22. The molecule has 7 heteroatoms. The molecule has 0 bridgehead atoms. The second-order valence-corrected chi connectivity index (χ2v) is 8.43. The monoisotopic (exact) mass is 414 g/mol. The number of hydrogen-bond donors (Lipinski definition) is 4. The second kappa shape index (κ2) is 11.6. The third-order valence-electron chi connectivity index (χ3n) is 5.66. The average Bonchev–Trinajstić information content (AvgIpc) is 3.56. The third-order valence-corrected chi connectivity index (χ3v) is 5.66. The molecule has 1 unspecified atom stereocenters. The summed E-state index contributed by atoms with van der Waals surface area (Å²) < 4.78 is 0. The van der Waals surface area contributed by atoms with Crippen LogP contribution in [0.1, 0.15) is 63.4 Å². The Morgan fingerprint density at radius 1 is 0.900 bits per heavy atom. The van der Waals surface area contributed by atoms with E-state index in [9.17, 15) is 14.4 Å². The Hall–Kier alpha value is -2.57. The van der Waals surface area contributed by atoms with Crippen LogP contribution in [-0.2, 0) is 16.0 Å². The van der Waals surface area contributed by atoms with Gasteiger partial charge in [-0.3, -0.25) is 9.59 Å². The van der Waals surface area contributed by atoms with E-state index in [2.05, 4.69) is 21.3 Å². The first-order valence-electron chi connectivity index (χ1n) is 11.3. The highest BCUT2D eigenvalue weighted by Crippen LogP contribution is 2.19. The molecule has 1 aromatic rings. The normalized spacial score (nSPS) is 17.6. The number of nitrogens with one attached hydrogen (secondary N) is 4. The summed E-state index contributed by atoms with van der Waals surface area (Å²) in [4.78, 5) is 36.9. The molecule has 4 N–H and O–H groups in total. The summed E-state index contributed by atoms with van der Waals surface area (Å²) in [6.45, 7) is 0.434. The van der Waals surface area contributed by atoms with E-state index in [1.807, 2.05) is 30.3 Å². The van der Waals surface area contributed by atoms with Gasteiger partial charge in [-0.05, 0) is 37.7 Å². The predicted molar refractivity (Wildman–Crippen MR) is 116 cm³/mol. The van der Waals surface area contributed by atoms with Gasteiger partial charge in [0.1, 0.15) is 6.04 Å². The van der Waals surface area contributed by atoms with Crippen LogP contribution in [0.4, 0.5) is 4.79 Å². The Balaban J connectivity index is 1.37. The second-order valence-electron chi connectivity index (χ2n) is 8.43. The number of benzene rings is 1. The topological polar surface area (TPSA) is 99.3 Å². The van der Waals surface area contributed by atoms with Gasteiger partial charge in [0.15, 0.2) is 0 Å². The van der Waals surface area contributed by atoms with Gasteiger partial charge in [0.05, 0.1) is 0 Å². The molecule has 3 rings (SSSR count). The van der Waals surface area contributed by atoms with E-state index in [0.29, 0.717) is 19.4 Å². The molecule has 0 heterocycles. The zero-order chi connectivity index (χ0) is 21.2. The van der Waals surface area contributed by atoms with Crippen molar-refractivity contribution in [3.8, 4) is 0 Å². The molecule has 0 spiro atoms. The fourth-order valence-corrected chi connectivity index (χ4v) is 3.79. The van der Waals surface area contributed by atoms with Crippen LogP contribution < -0.4 is 21.3 Å². The molecule has 2 fully saturated rings. The predicted octanol–water partition coefficient (Wildman–Crippen LogP) is 2.40. The Labute approximate surface area is 178 Å². The maximum absolute atomic E-state index is 12.6. The first-order valence-corrected chi connectivity index (χ1v) is 11.3. The quantitative estimate of drug-likeness (QED) is 0.443. The average molecular weight is 415 g/mol. The molecule has 2 aliphatic rings. The van der Waals surface area contributed by atoms with E-state index in [0.717, 1.165) is 31.2 Å². The van der Waals surface area contributed by atoms with E-state index >= 15 is 0 Å². The van der Waals surface area contributed by atoms with E-state index in [4.69, 9.17) is 0 Å². The zero-order valence-corrected chi connectivity index (χ0v) is 17.6. The summed E-state index contributed by atoms with van der Waals surface area (Å²) in [6, 6.07) is 9.48. The molecular formula is C23H34N4O3. The number of urea groups is 1. The van der Waals surface area contributed by atoms with Crippen LogP contribution in [0.3, 0.4) is 0 Å². The lowest BCUT2D eigenvalue weighted by atomic mass is 9.96. The van der Waals surface area contributed by atoms with Crippen molar-refractivity contribution < 1.29 is 14.4 Å². The standard InChI is InChI=1S/C23H34N4O3/c28-21(12-7-15-24-23(30)26-18-10-5-2-6-11-18)27-20(22(29)25-19-13-14-19)16-17-8-3-1-4-9-17/h1,3-4,8-9,18-20H,2,5-7,10-16H2,(H,25,29)(H,27,28)(H2,24,26,30). The fraction of sp³-hybridized carbons (Fsp3) is 0.609. The van der Waals surface area contributed by atoms with Gasteiger partial charge >= 0.3 is 6.03 Å². The van der Waals surface area contributed by atoms with E-state index < -0.39 is 6.04 Å². The summed E-state index contributed by atoms with van der Waals surface area (Å²) in [5, 5.41) is 11.7. The number of rotatable bonds is 10. The molecule has 1 aromatic carbocycles. The van der Waals surface area contributed by atoms with Crippen molar-refractivity contribution in [2.75, 3.05) is 6.54 Å². The molecule has 2 saturated carbocycles. The minimum atomic E-state index is -0.581. The highest BCUT2D eigenvalue weighted by Gasteiger charge is 2.28. The van der Waals surface area contributed by atoms with Crippen LogP contribution in [0.25, 0.3) is 0 Å². The van der Waals surface area contributed by atoms with Crippen LogP contribution in [0.15, 0.2) is 30.3 Å². The van der Waals surface area contributed by atoms with Gasteiger partial charge in [-0.25, -0.2) is 4.79 Å². The summed E-state index contributed by atoms with van der Waals surface area (Å²) in [5.41, 5.74) is 1.01. The van der Waals surface area contributed by atoms with Gasteiger partial charge in [-0.1, -0.05) is 49.6 Å². The minimum Gasteiger partial charge on any atom is -0.352 e. The summed E-state index contributed by atoms with van der Waals surface area (Å²) in [6.07, 6.45) is 8.96. The number of hydrogen-bond acceptors (Lipinski definition) is 3. The third kappa shape index (κ3) is 8.05. The first-order chi connectivity index (χ1) is 14.6. The number of carbonyl (C=O) groups excluding carboxylic acids is 3. The Bertz CT molecular complexity index is 700. The number of carbonyl (C=O) groups is 3. The van der Waals surface area contributed by atoms with Crippen molar-refractivity contribution in [3.63, 3.8) is 0 Å². The smallest absolute Gasteiger partial charge is 0.315 e. The van der Waals surface area contributed by atoms with Gasteiger partial charge in [0.2, 0.25) is 11.8 Å². The Morgan fingerprint density at radius 3 is 2.30 bits per heavy atom. The van der Waals surface area contributed by atoms with Gasteiger partial charge in [-0.2, -0.15) is 0 Å². The van der Waals surface area contributed by atoms with E-state index in [1.165, 1.54) is 19.3 Å². The maximum atomic E-state index is 12.6. The fourth-order valence-electron chi connectivity index (χ4n) is 3.79. The molecular weight excluding hydrogens is 380 g/mol. The van der Waals surface area contributed by atoms with Crippen molar-refractivity contribution in [1.29, 1.82) is 0 Å². The van der Waals surface area contributed by atoms with Gasteiger partial charge in [0.25, 0.3) is 0 Å². The highest BCUT2D eigenvalue weighted by molar-refractivity contribution is 5.88. The maximum Gasteiger partial charge on any atom is 0.315 e. The lowest BCUT2D eigenvalue weighted by Crippen LogP contribution is -2.48. The Morgan fingerprint density at radius 2 is 1.60 bits per heavy atom. The summed E-state index contributed by atoms with van der Waals surface area (Å²) >= 11 is 0. The molecule has 0 aliphatic heterocycles. The summed E-state index contributed by atoms with van der Waals surface area (Å²) in [7, 11) is 0. The molecule has 164 valence electrons. The molecule has 2 aliphatic carbocycles. The molecule has 4 amide bonds. The van der Waals surface area contributed by atoms with Gasteiger partial charge in [0, 0.05) is 31.5 Å². The van der Waals surface area contributed by atoms with Crippen molar-refractivity contribution >= 4 is 17.8 Å². The van der Waals surface area contributed by atoms with Crippen LogP contribution in [0.5, 0.6) is 0 Å². The van der Waals surface area contributed by atoms with Crippen LogP contribution in [0.2, 0.25) is 0 Å². The minimum absolute atomic E-state index is 0.125. The van der Waals surface area contributed by atoms with Crippen LogP contribution >= 0.6 is 0 Å². The van der Waals surface area contributed by atoms with Gasteiger partial charge in [-0.15, -0.1) is 0 Å². The first kappa shape index (κ1) is 22.1. The SMILES string of the molecule is O=C(CCCNC(=O)NC1CCCCC1)NC(Cc1ccccc1)C(=O)NC1CC1. The molecule has 0 saturated heterocycles. The molecule has 0 radical (unpaired) electrons. The van der Waals surface area contributed by atoms with Crippen molar-refractivity contribution in [2.24, 2.45) is 0 Å². The highest BCUT2D eigenvalue weighted by atomic mass is 16.2. The van der Waals surface area contributed by atoms with Crippen molar-refractivity contribution in [1.82, 2.24) is 21.3 Å². The van der Waals surface area contributed by atoms with Crippen LogP contribution in [0, 0.1) is 0 Å². The molecule has 30 heavy (non-hydrogen) atoms. The van der Waals surface area contributed by atoms with E-state index in [1.54, 1.807) is 0 Å². The number of amides is 4. The molecule has 0 aromatic heterocycles. The molecule has 1 atom stereocenters. The van der Waals surface area contributed by atoms with Gasteiger partial charge < -0.3 is 21.3 Å². The Kier molecular flexibility index (Phi) is 8.53. The largest absolute Gasteiger partial charge is 0.352 e. The van der Waals surface area contributed by atoms with Crippen molar-refractivity contribution in [3.05, 3.63) is 35.9 Å².